The van der Waals surface area contributed by atoms with Crippen LogP contribution in [0.5, 0.6) is 0 Å². The quantitative estimate of drug-likeness (QED) is 0.223. The molecule has 0 saturated carbocycles. The van der Waals surface area contributed by atoms with Gasteiger partial charge in [0.2, 0.25) is 5.91 Å². The van der Waals surface area contributed by atoms with Gasteiger partial charge in [0.25, 0.3) is 5.18 Å². The van der Waals surface area contributed by atoms with Crippen molar-refractivity contribution in [2.45, 2.75) is 82.7 Å². The zero-order chi connectivity index (χ0) is 16.3. The molecule has 5 nitrogen and oxygen atoms in total. The number of rotatable bonds is 12. The zero-order valence-electron chi connectivity index (χ0n) is 13.7. The molecule has 1 unspecified atom stereocenters. The first-order valence-corrected chi connectivity index (χ1v) is 9.01. The lowest BCUT2D eigenvalue weighted by Gasteiger charge is -2.22. The van der Waals surface area contributed by atoms with E-state index in [1.807, 2.05) is 0 Å². The minimum absolute atomic E-state index is 0.0715. The van der Waals surface area contributed by atoms with Crippen molar-refractivity contribution in [1.29, 1.82) is 0 Å². The van der Waals surface area contributed by atoms with Crippen LogP contribution in [0, 0.1) is 0 Å². The third-order valence-electron chi connectivity index (χ3n) is 3.80. The Bertz CT molecular complexity index is 352. The molecule has 128 valence electrons. The van der Waals surface area contributed by atoms with Crippen LogP contribution in [-0.4, -0.2) is 23.6 Å². The summed E-state index contributed by atoms with van der Waals surface area (Å²) in [6.45, 7) is 2.31. The Morgan fingerprint density at radius 1 is 1.14 bits per heavy atom. The van der Waals surface area contributed by atoms with Crippen LogP contribution in [0.4, 0.5) is 0 Å². The fourth-order valence-corrected chi connectivity index (χ4v) is 2.83. The summed E-state index contributed by atoms with van der Waals surface area (Å²) in [6.07, 6.45) is 12.8. The Kier molecular flexibility index (Phi) is 9.55. The number of nitrogens with one attached hydrogen (secondary N) is 2. The summed E-state index contributed by atoms with van der Waals surface area (Å²) < 4.78 is 4.90. The highest BCUT2D eigenvalue weighted by Gasteiger charge is 2.37. The van der Waals surface area contributed by atoms with Gasteiger partial charge in [0.05, 0.1) is 6.54 Å². The van der Waals surface area contributed by atoms with Crippen LogP contribution in [0.15, 0.2) is 0 Å². The van der Waals surface area contributed by atoms with Crippen molar-refractivity contribution >= 4 is 24.5 Å². The van der Waals surface area contributed by atoms with E-state index in [0.29, 0.717) is 6.42 Å². The first-order chi connectivity index (χ1) is 10.6. The average Bonchev–Trinajstić information content (AvgIpc) is 2.80. The number of ether oxygens (including phenoxy) is 1. The number of esters is 1. The third-order valence-corrected chi connectivity index (χ3v) is 4.16. The van der Waals surface area contributed by atoms with Crippen molar-refractivity contribution in [2.24, 2.45) is 0 Å². The summed E-state index contributed by atoms with van der Waals surface area (Å²) in [5.74, 6) is -0.550. The molecule has 1 aliphatic heterocycles. The Labute approximate surface area is 139 Å². The minimum Gasteiger partial charge on any atom is -0.414 e. The second kappa shape index (κ2) is 10.9. The van der Waals surface area contributed by atoms with E-state index < -0.39 is 11.2 Å². The molecule has 1 fully saturated rings. The lowest BCUT2D eigenvalue weighted by Crippen LogP contribution is -2.52. The SMILES string of the molecule is CCCCCCCCCCCCC(=O)NC1(S)NCC(=O)O1. The maximum atomic E-state index is 11.8. The topological polar surface area (TPSA) is 67.4 Å². The molecule has 1 amide bonds. The first-order valence-electron chi connectivity index (χ1n) is 8.56. The molecule has 2 N–H and O–H groups in total. The van der Waals surface area contributed by atoms with E-state index in [1.165, 1.54) is 51.4 Å². The molecular weight excluding hydrogens is 300 g/mol. The van der Waals surface area contributed by atoms with Gasteiger partial charge in [-0.1, -0.05) is 77.3 Å². The summed E-state index contributed by atoms with van der Waals surface area (Å²) in [7, 11) is 0. The van der Waals surface area contributed by atoms with Crippen LogP contribution in [0.2, 0.25) is 0 Å². The maximum absolute atomic E-state index is 11.8. The lowest BCUT2D eigenvalue weighted by molar-refractivity contribution is -0.145. The molecule has 0 aromatic rings. The van der Waals surface area contributed by atoms with Crippen LogP contribution in [0.25, 0.3) is 0 Å². The van der Waals surface area contributed by atoms with Crippen LogP contribution >= 0.6 is 12.6 Å². The fourth-order valence-electron chi connectivity index (χ4n) is 2.52. The molecule has 0 spiro atoms. The Balaban J connectivity index is 1.92. The van der Waals surface area contributed by atoms with Gasteiger partial charge in [0, 0.05) is 6.42 Å². The molecule has 1 rings (SSSR count). The van der Waals surface area contributed by atoms with Crippen molar-refractivity contribution in [1.82, 2.24) is 10.6 Å². The summed E-state index contributed by atoms with van der Waals surface area (Å²) in [5, 5.41) is 3.97. The molecule has 0 aromatic heterocycles. The minimum atomic E-state index is -1.33. The number of hydrogen-bond acceptors (Lipinski definition) is 5. The number of hydrogen-bond donors (Lipinski definition) is 3. The van der Waals surface area contributed by atoms with Crippen LogP contribution in [0.3, 0.4) is 0 Å². The van der Waals surface area contributed by atoms with Crippen molar-refractivity contribution in [2.75, 3.05) is 6.54 Å². The second-order valence-corrected chi connectivity index (χ2v) is 6.58. The Morgan fingerprint density at radius 3 is 2.18 bits per heavy atom. The van der Waals surface area contributed by atoms with Gasteiger partial charge in [-0.25, -0.2) is 5.32 Å². The van der Waals surface area contributed by atoms with Gasteiger partial charge >= 0.3 is 5.97 Å². The van der Waals surface area contributed by atoms with Crippen LogP contribution < -0.4 is 10.6 Å². The zero-order valence-corrected chi connectivity index (χ0v) is 14.6. The van der Waals surface area contributed by atoms with Crippen molar-refractivity contribution < 1.29 is 14.3 Å². The number of unbranched alkanes of at least 4 members (excludes halogenated alkanes) is 9. The third kappa shape index (κ3) is 8.63. The smallest absolute Gasteiger partial charge is 0.323 e. The number of carbonyl (C=O) groups excluding carboxylic acids is 2. The largest absolute Gasteiger partial charge is 0.414 e. The summed E-state index contributed by atoms with van der Waals surface area (Å²) in [4.78, 5) is 22.8. The van der Waals surface area contributed by atoms with E-state index in [2.05, 4.69) is 30.2 Å². The molecule has 0 bridgehead atoms. The molecule has 1 aliphatic rings. The van der Waals surface area contributed by atoms with Crippen molar-refractivity contribution in [3.63, 3.8) is 0 Å². The predicted octanol–water partition coefficient (Wildman–Crippen LogP) is 3.10. The molecule has 1 heterocycles. The van der Waals surface area contributed by atoms with E-state index >= 15 is 0 Å². The van der Waals surface area contributed by atoms with Crippen molar-refractivity contribution in [3.05, 3.63) is 0 Å². The van der Waals surface area contributed by atoms with Crippen LogP contribution in [0.1, 0.15) is 77.6 Å². The van der Waals surface area contributed by atoms with Gasteiger partial charge in [-0.05, 0) is 6.42 Å². The van der Waals surface area contributed by atoms with Crippen molar-refractivity contribution in [3.8, 4) is 0 Å². The molecule has 0 aliphatic carbocycles. The highest BCUT2D eigenvalue weighted by atomic mass is 32.1. The fraction of sp³-hybridized carbons (Fsp3) is 0.875. The second-order valence-electron chi connectivity index (χ2n) is 5.95. The number of cyclic esters (lactones) is 1. The monoisotopic (exact) mass is 330 g/mol. The summed E-state index contributed by atoms with van der Waals surface area (Å²) in [6, 6.07) is 0. The van der Waals surface area contributed by atoms with Gasteiger partial charge in [-0.15, -0.1) is 0 Å². The average molecular weight is 330 g/mol. The van der Waals surface area contributed by atoms with E-state index in [9.17, 15) is 9.59 Å². The molecule has 0 radical (unpaired) electrons. The maximum Gasteiger partial charge on any atom is 0.323 e. The van der Waals surface area contributed by atoms with Gasteiger partial charge in [0.15, 0.2) is 0 Å². The lowest BCUT2D eigenvalue weighted by atomic mass is 10.1. The molecule has 1 atom stereocenters. The number of amides is 1. The van der Waals surface area contributed by atoms with E-state index in [0.717, 1.165) is 12.8 Å². The highest BCUT2D eigenvalue weighted by molar-refractivity contribution is 7.81. The van der Waals surface area contributed by atoms with E-state index in [1.54, 1.807) is 0 Å². The Morgan fingerprint density at radius 2 is 1.68 bits per heavy atom. The summed E-state index contributed by atoms with van der Waals surface area (Å²) in [5.41, 5.74) is 0. The first kappa shape index (κ1) is 19.3. The van der Waals surface area contributed by atoms with E-state index in [-0.39, 0.29) is 12.5 Å². The molecule has 0 aromatic carbocycles. The van der Waals surface area contributed by atoms with Gasteiger partial charge in [-0.2, -0.15) is 0 Å². The summed E-state index contributed by atoms with van der Waals surface area (Å²) >= 11 is 4.12. The normalized spacial score (nSPS) is 20.9. The molecule has 22 heavy (non-hydrogen) atoms. The number of thiol groups is 1. The van der Waals surface area contributed by atoms with Gasteiger partial charge in [-0.3, -0.25) is 14.9 Å². The van der Waals surface area contributed by atoms with E-state index in [4.69, 9.17) is 4.74 Å². The predicted molar refractivity (Wildman–Crippen MR) is 90.4 cm³/mol. The number of carbonyl (C=O) groups is 2. The van der Waals surface area contributed by atoms with Gasteiger partial charge in [0.1, 0.15) is 0 Å². The van der Waals surface area contributed by atoms with Crippen LogP contribution in [-0.2, 0) is 14.3 Å². The van der Waals surface area contributed by atoms with Gasteiger partial charge < -0.3 is 4.74 Å². The standard InChI is InChI=1S/C16H30N2O3S/c1-2-3-4-5-6-7-8-9-10-11-12-14(19)18-16(22)17-13-15(20)21-16/h17,22H,2-13H2,1H3,(H,18,19). The highest BCUT2D eigenvalue weighted by Crippen LogP contribution is 2.15. The molecule has 6 heteroatoms. The Hall–Kier alpha value is -0.750. The molecular formula is C16H30N2O3S. The molecule has 1 saturated heterocycles.